The zero-order valence-electron chi connectivity index (χ0n) is 14.3. The second-order valence-corrected chi connectivity index (χ2v) is 6.87. The quantitative estimate of drug-likeness (QED) is 0.677. The van der Waals surface area contributed by atoms with Crippen LogP contribution in [0.3, 0.4) is 0 Å². The summed E-state index contributed by atoms with van der Waals surface area (Å²) in [4.78, 5) is 32.2. The van der Waals surface area contributed by atoms with E-state index in [1.165, 1.54) is 18.6 Å². The lowest BCUT2D eigenvalue weighted by atomic mass is 9.88. The molecule has 1 fully saturated rings. The van der Waals surface area contributed by atoms with E-state index in [2.05, 4.69) is 25.9 Å². The van der Waals surface area contributed by atoms with E-state index in [-0.39, 0.29) is 45.7 Å². The van der Waals surface area contributed by atoms with Crippen LogP contribution >= 0.6 is 35.6 Å². The molecule has 27 heavy (non-hydrogen) atoms. The average molecular weight is 431 g/mol. The smallest absolute Gasteiger partial charge is 0.275 e. The number of carbonyl (C=O) groups excluding carboxylic acids is 2. The SMILES string of the molecule is CC(C(=O)Nc1cc(Cl)c(NC(=O)c2cnccn2)c(Cl)c1)C1CNC1.Cl. The van der Waals surface area contributed by atoms with Crippen molar-refractivity contribution in [1.29, 1.82) is 0 Å². The van der Waals surface area contributed by atoms with Gasteiger partial charge in [0.15, 0.2) is 0 Å². The fourth-order valence-corrected chi connectivity index (χ4v) is 3.07. The van der Waals surface area contributed by atoms with Crippen molar-refractivity contribution < 1.29 is 9.59 Å². The van der Waals surface area contributed by atoms with Crippen molar-refractivity contribution in [2.24, 2.45) is 11.8 Å². The number of amides is 2. The molecule has 2 heterocycles. The van der Waals surface area contributed by atoms with E-state index < -0.39 is 5.91 Å². The first kappa shape index (κ1) is 21.4. The minimum absolute atomic E-state index is 0. The number of rotatable bonds is 5. The molecule has 0 saturated carbocycles. The molecule has 3 N–H and O–H groups in total. The van der Waals surface area contributed by atoms with Crippen LogP contribution in [0, 0.1) is 11.8 Å². The van der Waals surface area contributed by atoms with Gasteiger partial charge in [-0.1, -0.05) is 30.1 Å². The van der Waals surface area contributed by atoms with Crippen LogP contribution in [0.5, 0.6) is 0 Å². The molecule has 3 rings (SSSR count). The molecule has 7 nitrogen and oxygen atoms in total. The highest BCUT2D eigenvalue weighted by Crippen LogP contribution is 2.34. The molecule has 1 atom stereocenters. The minimum atomic E-state index is -0.482. The number of anilines is 2. The predicted molar refractivity (Wildman–Crippen MR) is 108 cm³/mol. The summed E-state index contributed by atoms with van der Waals surface area (Å²) >= 11 is 12.5. The maximum absolute atomic E-state index is 12.3. The first-order chi connectivity index (χ1) is 12.5. The molecule has 2 aromatic rings. The van der Waals surface area contributed by atoms with E-state index in [1.54, 1.807) is 12.1 Å². The zero-order valence-corrected chi connectivity index (χ0v) is 16.7. The first-order valence-corrected chi connectivity index (χ1v) is 8.79. The molecule has 0 aliphatic carbocycles. The molecule has 144 valence electrons. The van der Waals surface area contributed by atoms with E-state index in [0.29, 0.717) is 11.6 Å². The monoisotopic (exact) mass is 429 g/mol. The summed E-state index contributed by atoms with van der Waals surface area (Å²) in [6.07, 6.45) is 4.22. The Morgan fingerprint density at radius 1 is 1.19 bits per heavy atom. The summed E-state index contributed by atoms with van der Waals surface area (Å²) in [5, 5.41) is 8.99. The summed E-state index contributed by atoms with van der Waals surface area (Å²) in [6.45, 7) is 3.56. The van der Waals surface area contributed by atoms with Crippen molar-refractivity contribution in [3.8, 4) is 0 Å². The molecule has 10 heteroatoms. The Labute approximate surface area is 172 Å². The van der Waals surface area contributed by atoms with Gasteiger partial charge in [-0.2, -0.15) is 0 Å². The van der Waals surface area contributed by atoms with Crippen molar-refractivity contribution in [3.05, 3.63) is 46.5 Å². The van der Waals surface area contributed by atoms with Gasteiger partial charge in [0.1, 0.15) is 5.69 Å². The van der Waals surface area contributed by atoms with Gasteiger partial charge in [0, 0.05) is 24.0 Å². The van der Waals surface area contributed by atoms with Crippen molar-refractivity contribution in [2.75, 3.05) is 23.7 Å². The lowest BCUT2D eigenvalue weighted by Gasteiger charge is -2.31. The Morgan fingerprint density at radius 2 is 1.85 bits per heavy atom. The Balaban J connectivity index is 0.00000261. The number of halogens is 3. The number of carbonyl (C=O) groups is 2. The van der Waals surface area contributed by atoms with Crippen LogP contribution in [0.15, 0.2) is 30.7 Å². The highest BCUT2D eigenvalue weighted by Gasteiger charge is 2.28. The van der Waals surface area contributed by atoms with Gasteiger partial charge < -0.3 is 16.0 Å². The number of benzene rings is 1. The molecule has 1 aliphatic heterocycles. The fraction of sp³-hybridized carbons (Fsp3) is 0.294. The molecule has 1 unspecified atom stereocenters. The second-order valence-electron chi connectivity index (χ2n) is 6.06. The van der Waals surface area contributed by atoms with Crippen LogP contribution in [-0.4, -0.2) is 34.9 Å². The van der Waals surface area contributed by atoms with Crippen LogP contribution in [0.25, 0.3) is 0 Å². The first-order valence-electron chi connectivity index (χ1n) is 8.03. The number of hydrogen-bond donors (Lipinski definition) is 3. The molecule has 0 bridgehead atoms. The molecule has 1 aromatic carbocycles. The summed E-state index contributed by atoms with van der Waals surface area (Å²) in [6, 6.07) is 3.09. The maximum atomic E-state index is 12.3. The fourth-order valence-electron chi connectivity index (χ4n) is 2.49. The number of hydrogen-bond acceptors (Lipinski definition) is 5. The topological polar surface area (TPSA) is 96.0 Å². The number of nitrogens with zero attached hydrogens (tertiary/aromatic N) is 2. The molecule has 1 aliphatic rings. The molecule has 1 aromatic heterocycles. The third kappa shape index (κ3) is 5.07. The molecule has 1 saturated heterocycles. The third-order valence-corrected chi connectivity index (χ3v) is 4.87. The van der Waals surface area contributed by atoms with Crippen LogP contribution in [0.1, 0.15) is 17.4 Å². The molecule has 0 spiro atoms. The average Bonchev–Trinajstić information content (AvgIpc) is 2.57. The summed E-state index contributed by atoms with van der Waals surface area (Å²) in [5.41, 5.74) is 0.861. The highest BCUT2D eigenvalue weighted by atomic mass is 35.5. The van der Waals surface area contributed by atoms with Gasteiger partial charge in [-0.05, 0) is 31.1 Å². The van der Waals surface area contributed by atoms with Gasteiger partial charge in [-0.25, -0.2) is 4.98 Å². The molecule has 2 amide bonds. The van der Waals surface area contributed by atoms with Gasteiger partial charge in [0.05, 0.1) is 21.9 Å². The highest BCUT2D eigenvalue weighted by molar-refractivity contribution is 6.40. The number of aromatic nitrogens is 2. The van der Waals surface area contributed by atoms with Gasteiger partial charge in [0.2, 0.25) is 5.91 Å². The van der Waals surface area contributed by atoms with E-state index >= 15 is 0 Å². The largest absolute Gasteiger partial charge is 0.326 e. The summed E-state index contributed by atoms with van der Waals surface area (Å²) in [7, 11) is 0. The van der Waals surface area contributed by atoms with Gasteiger partial charge in [-0.15, -0.1) is 12.4 Å². The summed E-state index contributed by atoms with van der Waals surface area (Å²) in [5.74, 6) is -0.374. The number of nitrogens with one attached hydrogen (secondary N) is 3. The third-order valence-electron chi connectivity index (χ3n) is 4.28. The lowest BCUT2D eigenvalue weighted by molar-refractivity contribution is -0.121. The Kier molecular flexibility index (Phi) is 7.38. The van der Waals surface area contributed by atoms with Crippen molar-refractivity contribution >= 4 is 58.8 Å². The van der Waals surface area contributed by atoms with Crippen LogP contribution in [0.4, 0.5) is 11.4 Å². The van der Waals surface area contributed by atoms with Gasteiger partial charge in [-0.3, -0.25) is 14.6 Å². The lowest BCUT2D eigenvalue weighted by Crippen LogP contribution is -2.48. The molecular weight excluding hydrogens is 413 g/mol. The second kappa shape index (κ2) is 9.32. The molecule has 0 radical (unpaired) electrons. The molecular formula is C17H18Cl3N5O2. The Morgan fingerprint density at radius 3 is 2.37 bits per heavy atom. The predicted octanol–water partition coefficient (Wildman–Crippen LogP) is 3.25. The van der Waals surface area contributed by atoms with E-state index in [0.717, 1.165) is 13.1 Å². The maximum Gasteiger partial charge on any atom is 0.275 e. The van der Waals surface area contributed by atoms with Crippen molar-refractivity contribution in [3.63, 3.8) is 0 Å². The zero-order chi connectivity index (χ0) is 18.7. The normalized spacial score (nSPS) is 14.5. The van der Waals surface area contributed by atoms with Gasteiger partial charge >= 0.3 is 0 Å². The Bertz CT molecular complexity index is 808. The van der Waals surface area contributed by atoms with E-state index in [4.69, 9.17) is 23.2 Å². The van der Waals surface area contributed by atoms with Gasteiger partial charge in [0.25, 0.3) is 5.91 Å². The minimum Gasteiger partial charge on any atom is -0.326 e. The van der Waals surface area contributed by atoms with Crippen molar-refractivity contribution in [1.82, 2.24) is 15.3 Å². The van der Waals surface area contributed by atoms with E-state index in [9.17, 15) is 9.59 Å². The van der Waals surface area contributed by atoms with Crippen LogP contribution in [-0.2, 0) is 4.79 Å². The Hall–Kier alpha value is -1.93. The van der Waals surface area contributed by atoms with E-state index in [1.807, 2.05) is 6.92 Å². The standard InChI is InChI=1S/C17H17Cl2N5O2.ClH/c1-9(10-6-21-7-10)16(25)23-11-4-12(18)15(13(19)5-11)24-17(26)14-8-20-2-3-22-14;/h2-5,8-10,21H,6-7H2,1H3,(H,23,25)(H,24,26);1H. The van der Waals surface area contributed by atoms with Crippen LogP contribution < -0.4 is 16.0 Å². The summed E-state index contributed by atoms with van der Waals surface area (Å²) < 4.78 is 0. The van der Waals surface area contributed by atoms with Crippen LogP contribution in [0.2, 0.25) is 10.0 Å². The van der Waals surface area contributed by atoms with Crippen molar-refractivity contribution in [2.45, 2.75) is 6.92 Å².